The Bertz CT molecular complexity index is 617. The molecule has 0 aliphatic carbocycles. The highest BCUT2D eigenvalue weighted by molar-refractivity contribution is 5.43. The molecule has 2 N–H and O–H groups in total. The van der Waals surface area contributed by atoms with E-state index in [1.807, 2.05) is 6.07 Å². The lowest BCUT2D eigenvalue weighted by Crippen LogP contribution is -2.04. The molecule has 0 bridgehead atoms. The van der Waals surface area contributed by atoms with Crippen LogP contribution in [-0.4, -0.2) is 6.54 Å². The summed E-state index contributed by atoms with van der Waals surface area (Å²) in [6, 6.07) is 12.7. The first-order valence-electron chi connectivity index (χ1n) is 7.59. The van der Waals surface area contributed by atoms with Gasteiger partial charge in [0.15, 0.2) is 0 Å². The zero-order valence-electron chi connectivity index (χ0n) is 13.4. The lowest BCUT2D eigenvalue weighted by molar-refractivity contribution is 0.477. The maximum Gasteiger partial charge on any atom is 0.130 e. The second kappa shape index (κ2) is 6.77. The summed E-state index contributed by atoms with van der Waals surface area (Å²) in [5.41, 5.74) is 10.6. The Morgan fingerprint density at radius 3 is 2.38 bits per heavy atom. The van der Waals surface area contributed by atoms with Crippen LogP contribution >= 0.6 is 0 Å². The molecular formula is C19H25NO. The summed E-state index contributed by atoms with van der Waals surface area (Å²) in [6.07, 6.45) is 0.911. The molecular weight excluding hydrogens is 258 g/mol. The van der Waals surface area contributed by atoms with Gasteiger partial charge in [0.1, 0.15) is 11.5 Å². The Hall–Kier alpha value is -1.80. The smallest absolute Gasteiger partial charge is 0.130 e. The molecule has 0 unspecified atom stereocenters. The van der Waals surface area contributed by atoms with Crippen molar-refractivity contribution in [1.29, 1.82) is 0 Å². The Kier molecular flexibility index (Phi) is 5.03. The summed E-state index contributed by atoms with van der Waals surface area (Å²) in [4.78, 5) is 0. The molecule has 2 rings (SSSR count). The van der Waals surface area contributed by atoms with Gasteiger partial charge in [-0.3, -0.25) is 0 Å². The van der Waals surface area contributed by atoms with Crippen LogP contribution in [-0.2, 0) is 6.42 Å². The lowest BCUT2D eigenvalue weighted by atomic mass is 10.0. The van der Waals surface area contributed by atoms with Gasteiger partial charge < -0.3 is 10.5 Å². The molecule has 2 nitrogen and oxygen atoms in total. The fraction of sp³-hybridized carbons (Fsp3) is 0.368. The molecule has 0 aromatic heterocycles. The van der Waals surface area contributed by atoms with E-state index < -0.39 is 0 Å². The third-order valence-corrected chi connectivity index (χ3v) is 3.83. The van der Waals surface area contributed by atoms with E-state index in [2.05, 4.69) is 58.0 Å². The molecule has 0 aliphatic heterocycles. The normalized spacial score (nSPS) is 11.0. The molecule has 0 saturated heterocycles. The number of benzene rings is 2. The van der Waals surface area contributed by atoms with E-state index in [0.717, 1.165) is 23.5 Å². The molecule has 112 valence electrons. The summed E-state index contributed by atoms with van der Waals surface area (Å²) in [5, 5.41) is 0. The van der Waals surface area contributed by atoms with Gasteiger partial charge in [-0.15, -0.1) is 0 Å². The number of ether oxygens (including phenoxy) is 1. The van der Waals surface area contributed by atoms with E-state index in [9.17, 15) is 0 Å². The Balaban J connectivity index is 2.25. The van der Waals surface area contributed by atoms with Gasteiger partial charge in [-0.05, 0) is 73.2 Å². The minimum absolute atomic E-state index is 0.501. The molecule has 0 amide bonds. The quantitative estimate of drug-likeness (QED) is 0.861. The first-order valence-corrected chi connectivity index (χ1v) is 7.59. The van der Waals surface area contributed by atoms with Crippen LogP contribution in [0.4, 0.5) is 0 Å². The molecule has 0 fully saturated rings. The average molecular weight is 283 g/mol. The predicted molar refractivity (Wildman–Crippen MR) is 89.3 cm³/mol. The zero-order chi connectivity index (χ0) is 15.4. The Morgan fingerprint density at radius 2 is 1.76 bits per heavy atom. The number of aryl methyl sites for hydroxylation is 2. The summed E-state index contributed by atoms with van der Waals surface area (Å²) in [6.45, 7) is 9.25. The van der Waals surface area contributed by atoms with E-state index >= 15 is 0 Å². The van der Waals surface area contributed by atoms with Gasteiger partial charge in [-0.25, -0.2) is 0 Å². The van der Waals surface area contributed by atoms with Crippen LogP contribution in [0.2, 0.25) is 0 Å². The Labute approximate surface area is 127 Å². The van der Waals surface area contributed by atoms with Crippen LogP contribution in [0.15, 0.2) is 36.4 Å². The maximum absolute atomic E-state index is 6.08. The van der Waals surface area contributed by atoms with Crippen molar-refractivity contribution < 1.29 is 4.74 Å². The Morgan fingerprint density at radius 1 is 1.00 bits per heavy atom. The van der Waals surface area contributed by atoms with Crippen LogP contribution in [0.1, 0.15) is 42.0 Å². The van der Waals surface area contributed by atoms with E-state index in [1.165, 1.54) is 16.7 Å². The lowest BCUT2D eigenvalue weighted by Gasteiger charge is -2.14. The van der Waals surface area contributed by atoms with Gasteiger partial charge in [-0.2, -0.15) is 0 Å². The van der Waals surface area contributed by atoms with Gasteiger partial charge >= 0.3 is 0 Å². The average Bonchev–Trinajstić information content (AvgIpc) is 2.44. The van der Waals surface area contributed by atoms with E-state index in [1.54, 1.807) is 0 Å². The van der Waals surface area contributed by atoms with Crippen LogP contribution in [0.5, 0.6) is 11.5 Å². The predicted octanol–water partition coefficient (Wildman–Crippen LogP) is 4.72. The first-order chi connectivity index (χ1) is 10.0. The molecule has 0 aliphatic rings. The van der Waals surface area contributed by atoms with Crippen molar-refractivity contribution in [2.45, 2.75) is 40.0 Å². The van der Waals surface area contributed by atoms with Crippen molar-refractivity contribution in [2.24, 2.45) is 5.73 Å². The highest BCUT2D eigenvalue weighted by Gasteiger charge is 2.07. The fourth-order valence-corrected chi connectivity index (χ4v) is 2.38. The fourth-order valence-electron chi connectivity index (χ4n) is 2.38. The van der Waals surface area contributed by atoms with Gasteiger partial charge in [0.05, 0.1) is 0 Å². The van der Waals surface area contributed by atoms with E-state index in [-0.39, 0.29) is 0 Å². The van der Waals surface area contributed by atoms with Gasteiger partial charge in [0.25, 0.3) is 0 Å². The van der Waals surface area contributed by atoms with Crippen molar-refractivity contribution in [2.75, 3.05) is 6.54 Å². The minimum atomic E-state index is 0.501. The third-order valence-electron chi connectivity index (χ3n) is 3.83. The number of rotatable bonds is 5. The third kappa shape index (κ3) is 3.85. The van der Waals surface area contributed by atoms with Crippen LogP contribution in [0, 0.1) is 13.8 Å². The number of hydrogen-bond acceptors (Lipinski definition) is 2. The van der Waals surface area contributed by atoms with Crippen LogP contribution in [0.3, 0.4) is 0 Å². The second-order valence-corrected chi connectivity index (χ2v) is 5.91. The highest BCUT2D eigenvalue weighted by Crippen LogP contribution is 2.29. The van der Waals surface area contributed by atoms with E-state index in [0.29, 0.717) is 12.5 Å². The molecule has 2 aromatic rings. The minimum Gasteiger partial charge on any atom is -0.457 e. The molecule has 0 spiro atoms. The molecule has 2 heteroatoms. The molecule has 21 heavy (non-hydrogen) atoms. The molecule has 0 saturated carbocycles. The second-order valence-electron chi connectivity index (χ2n) is 5.91. The topological polar surface area (TPSA) is 35.2 Å². The van der Waals surface area contributed by atoms with Crippen molar-refractivity contribution in [3.8, 4) is 11.5 Å². The summed E-state index contributed by atoms with van der Waals surface area (Å²) < 4.78 is 6.08. The van der Waals surface area contributed by atoms with Gasteiger partial charge in [0, 0.05) is 0 Å². The van der Waals surface area contributed by atoms with Crippen molar-refractivity contribution in [1.82, 2.24) is 0 Å². The largest absolute Gasteiger partial charge is 0.457 e. The molecule has 0 radical (unpaired) electrons. The SMILES string of the molecule is Cc1cc(Oc2cc(C(C)C)ccc2C)ccc1CCN. The van der Waals surface area contributed by atoms with Crippen molar-refractivity contribution >= 4 is 0 Å². The van der Waals surface area contributed by atoms with Crippen molar-refractivity contribution in [3.05, 3.63) is 58.7 Å². The van der Waals surface area contributed by atoms with Crippen LogP contribution < -0.4 is 10.5 Å². The number of nitrogens with two attached hydrogens (primary N) is 1. The van der Waals surface area contributed by atoms with Crippen LogP contribution in [0.25, 0.3) is 0 Å². The van der Waals surface area contributed by atoms with Crippen molar-refractivity contribution in [3.63, 3.8) is 0 Å². The highest BCUT2D eigenvalue weighted by atomic mass is 16.5. The van der Waals surface area contributed by atoms with Gasteiger partial charge in [-0.1, -0.05) is 32.0 Å². The molecule has 0 heterocycles. The maximum atomic E-state index is 6.08. The summed E-state index contributed by atoms with van der Waals surface area (Å²) in [5.74, 6) is 2.33. The first kappa shape index (κ1) is 15.6. The summed E-state index contributed by atoms with van der Waals surface area (Å²) >= 11 is 0. The van der Waals surface area contributed by atoms with E-state index in [4.69, 9.17) is 10.5 Å². The number of hydrogen-bond donors (Lipinski definition) is 1. The monoisotopic (exact) mass is 283 g/mol. The summed E-state index contributed by atoms with van der Waals surface area (Å²) in [7, 11) is 0. The molecule has 2 aromatic carbocycles. The molecule has 0 atom stereocenters. The van der Waals surface area contributed by atoms with Gasteiger partial charge in [0.2, 0.25) is 0 Å². The zero-order valence-corrected chi connectivity index (χ0v) is 13.4. The standard InChI is InChI=1S/C19H25NO/c1-13(2)17-6-5-14(3)19(12-17)21-18-8-7-16(9-10-20)15(4)11-18/h5-8,11-13H,9-10,20H2,1-4H3.